The molecule has 0 aromatic rings. The quantitative estimate of drug-likeness (QED) is 0.614. The monoisotopic (exact) mass is 302 g/mol. The molecule has 0 spiro atoms. The van der Waals surface area contributed by atoms with Crippen molar-refractivity contribution in [3.05, 3.63) is 0 Å². The Balaban J connectivity index is 1.58. The molecule has 1 nitrogen and oxygen atoms in total. The predicted molar refractivity (Wildman–Crippen MR) is 90.5 cm³/mol. The van der Waals surface area contributed by atoms with Gasteiger partial charge < -0.3 is 0 Å². The number of rotatable bonds is 1. The van der Waals surface area contributed by atoms with Crippen LogP contribution in [-0.2, 0) is 4.79 Å². The van der Waals surface area contributed by atoms with Crippen molar-refractivity contribution >= 4 is 5.78 Å². The molecule has 4 aliphatic carbocycles. The highest BCUT2D eigenvalue weighted by Gasteiger charge is 2.57. The summed E-state index contributed by atoms with van der Waals surface area (Å²) in [6, 6.07) is 0. The molecule has 0 aromatic carbocycles. The van der Waals surface area contributed by atoms with Gasteiger partial charge in [-0.05, 0) is 99.2 Å². The van der Waals surface area contributed by atoms with E-state index in [1.165, 1.54) is 64.2 Å². The Morgan fingerprint density at radius 1 is 0.909 bits per heavy atom. The van der Waals surface area contributed by atoms with E-state index in [0.717, 1.165) is 23.7 Å². The topological polar surface area (TPSA) is 17.1 Å². The lowest BCUT2D eigenvalue weighted by atomic mass is 9.44. The van der Waals surface area contributed by atoms with Crippen molar-refractivity contribution in [2.45, 2.75) is 85.0 Å². The second-order valence-electron chi connectivity index (χ2n) is 9.82. The lowest BCUT2D eigenvalue weighted by Gasteiger charge is -2.60. The first-order valence-corrected chi connectivity index (χ1v) is 9.94. The van der Waals surface area contributed by atoms with Gasteiger partial charge in [-0.25, -0.2) is 0 Å². The number of ketones is 1. The highest BCUT2D eigenvalue weighted by molar-refractivity contribution is 5.78. The first-order valence-electron chi connectivity index (χ1n) is 9.94. The van der Waals surface area contributed by atoms with Crippen LogP contribution < -0.4 is 0 Å². The molecule has 0 heterocycles. The number of carbonyl (C=O) groups excluding carboxylic acids is 1. The molecule has 0 unspecified atom stereocenters. The first kappa shape index (κ1) is 15.2. The van der Waals surface area contributed by atoms with Crippen LogP contribution >= 0.6 is 0 Å². The second-order valence-corrected chi connectivity index (χ2v) is 9.82. The molecule has 22 heavy (non-hydrogen) atoms. The predicted octanol–water partition coefficient (Wildman–Crippen LogP) is 5.62. The maximum absolute atomic E-state index is 11.9. The van der Waals surface area contributed by atoms with E-state index in [4.69, 9.17) is 0 Å². The van der Waals surface area contributed by atoms with Crippen molar-refractivity contribution in [1.29, 1.82) is 0 Å². The maximum Gasteiger partial charge on any atom is 0.132 e. The average molecular weight is 303 g/mol. The number of fused-ring (bicyclic) bond motifs is 5. The molecule has 0 radical (unpaired) electrons. The second kappa shape index (κ2) is 5.08. The molecule has 0 amide bonds. The third-order valence-electron chi connectivity index (χ3n) is 9.02. The van der Waals surface area contributed by atoms with Crippen molar-refractivity contribution < 1.29 is 4.79 Å². The number of hydrogen-bond donors (Lipinski definition) is 0. The van der Waals surface area contributed by atoms with Gasteiger partial charge in [0.1, 0.15) is 5.78 Å². The number of hydrogen-bond acceptors (Lipinski definition) is 1. The lowest BCUT2D eigenvalue weighted by Crippen LogP contribution is -2.53. The van der Waals surface area contributed by atoms with Crippen LogP contribution in [0.25, 0.3) is 0 Å². The Labute approximate surface area is 136 Å². The van der Waals surface area contributed by atoms with Crippen LogP contribution in [0.4, 0.5) is 0 Å². The van der Waals surface area contributed by atoms with Crippen LogP contribution in [0.3, 0.4) is 0 Å². The zero-order valence-corrected chi connectivity index (χ0v) is 14.9. The molecule has 0 saturated heterocycles. The lowest BCUT2D eigenvalue weighted by molar-refractivity contribution is -0.133. The molecule has 0 aromatic heterocycles. The Hall–Kier alpha value is -0.330. The summed E-state index contributed by atoms with van der Waals surface area (Å²) in [6.07, 6.45) is 14.0. The van der Waals surface area contributed by atoms with Gasteiger partial charge in [-0.3, -0.25) is 4.79 Å². The Bertz CT molecular complexity index is 469. The van der Waals surface area contributed by atoms with Gasteiger partial charge in [0.25, 0.3) is 0 Å². The van der Waals surface area contributed by atoms with Gasteiger partial charge in [0.05, 0.1) is 0 Å². The van der Waals surface area contributed by atoms with E-state index in [0.29, 0.717) is 22.5 Å². The fraction of sp³-hybridized carbons (Fsp3) is 0.952. The van der Waals surface area contributed by atoms with Crippen LogP contribution in [-0.4, -0.2) is 5.78 Å². The summed E-state index contributed by atoms with van der Waals surface area (Å²) < 4.78 is 0. The first-order chi connectivity index (χ1) is 10.4. The molecular weight excluding hydrogens is 268 g/mol. The summed E-state index contributed by atoms with van der Waals surface area (Å²) in [5.41, 5.74) is 1.24. The molecule has 4 aliphatic rings. The van der Waals surface area contributed by atoms with E-state index in [9.17, 15) is 4.79 Å². The summed E-state index contributed by atoms with van der Waals surface area (Å²) in [7, 11) is 0. The minimum atomic E-state index is 0.384. The van der Waals surface area contributed by atoms with Gasteiger partial charge in [-0.15, -0.1) is 0 Å². The van der Waals surface area contributed by atoms with Crippen molar-refractivity contribution in [3.63, 3.8) is 0 Å². The largest absolute Gasteiger partial charge is 0.300 e. The minimum absolute atomic E-state index is 0.384. The van der Waals surface area contributed by atoms with E-state index < -0.39 is 0 Å². The van der Waals surface area contributed by atoms with E-state index in [1.54, 1.807) is 0 Å². The molecule has 0 aliphatic heterocycles. The molecule has 4 rings (SSSR count). The van der Waals surface area contributed by atoms with Gasteiger partial charge in [-0.2, -0.15) is 0 Å². The molecule has 4 saturated carbocycles. The van der Waals surface area contributed by atoms with Crippen LogP contribution in [0, 0.1) is 40.4 Å². The third kappa shape index (κ3) is 2.06. The van der Waals surface area contributed by atoms with Crippen molar-refractivity contribution in [2.24, 2.45) is 40.4 Å². The van der Waals surface area contributed by atoms with E-state index >= 15 is 0 Å². The van der Waals surface area contributed by atoms with Crippen molar-refractivity contribution in [3.8, 4) is 0 Å². The van der Waals surface area contributed by atoms with E-state index in [1.807, 2.05) is 6.92 Å². The third-order valence-corrected chi connectivity index (χ3v) is 9.02. The van der Waals surface area contributed by atoms with E-state index in [2.05, 4.69) is 13.8 Å². The highest BCUT2D eigenvalue weighted by atomic mass is 16.1. The zero-order valence-electron chi connectivity index (χ0n) is 14.9. The fourth-order valence-electron chi connectivity index (χ4n) is 7.62. The molecule has 7 atom stereocenters. The molecule has 124 valence electrons. The molecule has 4 fully saturated rings. The van der Waals surface area contributed by atoms with Crippen molar-refractivity contribution in [1.82, 2.24) is 0 Å². The fourth-order valence-corrected chi connectivity index (χ4v) is 7.62. The standard InChI is InChI=1S/C21H34O/c1-14(22)15-8-12-21(3)16(13-15)6-7-17-18-5-4-10-20(18,2)11-9-19(17)21/h15-19H,4-13H2,1-3H3/t15-,16-,17-,18-,19-,20-,21-/m0/s1. The van der Waals surface area contributed by atoms with Crippen LogP contribution in [0.2, 0.25) is 0 Å². The number of Topliss-reactive ketones (excluding diaryl/α,β-unsaturated/α-hetero) is 1. The van der Waals surface area contributed by atoms with Gasteiger partial charge in [0.15, 0.2) is 0 Å². The summed E-state index contributed by atoms with van der Waals surface area (Å²) in [6.45, 7) is 7.04. The average Bonchev–Trinajstić information content (AvgIpc) is 2.88. The highest BCUT2D eigenvalue weighted by Crippen LogP contribution is 2.66. The SMILES string of the molecule is CC(=O)[C@H]1CC[C@@]2(C)[C@@H](CC[C@H]3[C@@H]4CCC[C@@]4(C)CC[C@@H]32)C1. The Kier molecular flexibility index (Phi) is 3.51. The van der Waals surface area contributed by atoms with Crippen molar-refractivity contribution in [2.75, 3.05) is 0 Å². The molecular formula is C21H34O. The summed E-state index contributed by atoms with van der Waals surface area (Å²) in [4.78, 5) is 11.9. The number of carbonyl (C=O) groups is 1. The van der Waals surface area contributed by atoms with Gasteiger partial charge in [0, 0.05) is 5.92 Å². The van der Waals surface area contributed by atoms with Gasteiger partial charge in [-0.1, -0.05) is 20.3 Å². The summed E-state index contributed by atoms with van der Waals surface area (Å²) in [5, 5.41) is 0. The normalized spacial score (nSPS) is 54.2. The smallest absolute Gasteiger partial charge is 0.132 e. The van der Waals surface area contributed by atoms with E-state index in [-0.39, 0.29) is 0 Å². The summed E-state index contributed by atoms with van der Waals surface area (Å²) >= 11 is 0. The van der Waals surface area contributed by atoms with Gasteiger partial charge in [0.2, 0.25) is 0 Å². The summed E-state index contributed by atoms with van der Waals surface area (Å²) in [5.74, 6) is 4.68. The maximum atomic E-state index is 11.9. The Morgan fingerprint density at radius 2 is 1.73 bits per heavy atom. The van der Waals surface area contributed by atoms with Gasteiger partial charge >= 0.3 is 0 Å². The van der Waals surface area contributed by atoms with Crippen LogP contribution in [0.15, 0.2) is 0 Å². The van der Waals surface area contributed by atoms with Crippen LogP contribution in [0.1, 0.15) is 85.0 Å². The zero-order chi connectivity index (χ0) is 15.5. The molecule has 0 bridgehead atoms. The molecule has 0 N–H and O–H groups in total. The Morgan fingerprint density at radius 3 is 2.50 bits per heavy atom. The van der Waals surface area contributed by atoms with Crippen LogP contribution in [0.5, 0.6) is 0 Å². The minimum Gasteiger partial charge on any atom is -0.300 e. The molecule has 1 heteroatoms.